The fraction of sp³-hybridized carbons (Fsp3) is 0.902. The van der Waals surface area contributed by atoms with Crippen molar-refractivity contribution >= 4 is 5.91 Å². The zero-order valence-corrected chi connectivity index (χ0v) is 31.5. The number of aryl methyl sites for hydroxylation is 1. The fourth-order valence-corrected chi connectivity index (χ4v) is 13.7. The molecule has 1 aromatic heterocycles. The van der Waals surface area contributed by atoms with Gasteiger partial charge in [-0.1, -0.05) is 85.3 Å². The molecule has 5 fully saturated rings. The Hall–Kier alpha value is -1.76. The summed E-state index contributed by atoms with van der Waals surface area (Å²) in [5.74, 6) is 4.00. The summed E-state index contributed by atoms with van der Waals surface area (Å²) in [5.41, 5.74) is 1.87. The normalized spacial score (nSPS) is 41.5. The number of rotatable bonds is 13. The summed E-state index contributed by atoms with van der Waals surface area (Å²) < 4.78 is 0. The number of aliphatic hydroxyl groups excluding tert-OH is 1. The maximum Gasteiger partial charge on any atom is 0.226 e. The highest BCUT2D eigenvalue weighted by atomic mass is 16.3. The summed E-state index contributed by atoms with van der Waals surface area (Å²) in [7, 11) is 0. The number of aliphatic hydroxyl groups is 1. The van der Waals surface area contributed by atoms with E-state index in [1.165, 1.54) is 76.2 Å². The number of tetrazole rings is 1. The first kappa shape index (κ1) is 36.0. The van der Waals surface area contributed by atoms with E-state index >= 15 is 0 Å². The highest BCUT2D eigenvalue weighted by molar-refractivity contribution is 5.83. The molecular formula is C41H69N5O2. The molecule has 6 rings (SSSR count). The van der Waals surface area contributed by atoms with Crippen molar-refractivity contribution in [3.63, 3.8) is 0 Å². The SMILES string of the molecule is C=C(C)[C@@H]1CC[C@]2(C(=O)NCCCCCCCCCCc3nnn[nH]3)CC[C@]3(C)[C@H](CCC4[C@@]5(C)CC[C@H](O)C(C)(C)[C@@H]5CC[C@]43C)[C@@H]12. The average molecular weight is 664 g/mol. The summed E-state index contributed by atoms with van der Waals surface area (Å²) in [6.07, 6.45) is 22.0. The van der Waals surface area contributed by atoms with Crippen molar-refractivity contribution in [2.75, 3.05) is 6.54 Å². The summed E-state index contributed by atoms with van der Waals surface area (Å²) in [4.78, 5) is 14.4. The number of allylic oxidation sites excluding steroid dienone is 1. The number of hydrogen-bond acceptors (Lipinski definition) is 5. The van der Waals surface area contributed by atoms with Crippen LogP contribution in [0.5, 0.6) is 0 Å². The molecule has 0 saturated heterocycles. The standard InChI is InChI=1S/C41H69N5O2/c1-28(2)29-19-24-41(36(48)42-27-15-13-11-9-8-10-12-14-16-34-43-45-46-44-34)26-25-39(6)30(35(29)41)17-18-32-38(5)22-21-33(47)37(3,4)31(38)20-23-40(32,39)7/h29-33,35,47H,1,8-27H2,2-7H3,(H,42,48)(H,43,44,45,46)/t29-,30+,31-,32?,33-,35+,38-,39+,40+,41-/m0/s1. The van der Waals surface area contributed by atoms with E-state index in [2.05, 4.69) is 74.1 Å². The van der Waals surface area contributed by atoms with Crippen LogP contribution in [0.2, 0.25) is 0 Å². The number of H-pyrrole nitrogens is 1. The largest absolute Gasteiger partial charge is 0.393 e. The van der Waals surface area contributed by atoms with Crippen molar-refractivity contribution in [1.82, 2.24) is 25.9 Å². The predicted molar refractivity (Wildman–Crippen MR) is 193 cm³/mol. The summed E-state index contributed by atoms with van der Waals surface area (Å²) in [6.45, 7) is 20.3. The molecule has 3 N–H and O–H groups in total. The Labute approximate surface area is 292 Å². The molecule has 0 aromatic carbocycles. The molecule has 270 valence electrons. The van der Waals surface area contributed by atoms with E-state index in [1.54, 1.807) is 0 Å². The van der Waals surface area contributed by atoms with Gasteiger partial charge < -0.3 is 10.4 Å². The number of aromatic nitrogens is 4. The van der Waals surface area contributed by atoms with E-state index in [1.807, 2.05) is 0 Å². The van der Waals surface area contributed by atoms with Gasteiger partial charge >= 0.3 is 0 Å². The maximum absolute atomic E-state index is 14.4. The smallest absolute Gasteiger partial charge is 0.226 e. The Morgan fingerprint density at radius 2 is 1.54 bits per heavy atom. The molecule has 0 radical (unpaired) electrons. The number of amides is 1. The molecule has 0 spiro atoms. The first-order chi connectivity index (χ1) is 22.8. The van der Waals surface area contributed by atoms with Gasteiger partial charge in [-0.3, -0.25) is 4.79 Å². The molecule has 10 atom stereocenters. The topological polar surface area (TPSA) is 104 Å². The number of carbonyl (C=O) groups is 1. The zero-order valence-electron chi connectivity index (χ0n) is 31.5. The van der Waals surface area contributed by atoms with Crippen molar-refractivity contribution in [3.05, 3.63) is 18.0 Å². The Balaban J connectivity index is 1.06. The molecule has 0 aliphatic heterocycles. The van der Waals surface area contributed by atoms with Crippen LogP contribution in [0.1, 0.15) is 163 Å². The highest BCUT2D eigenvalue weighted by Gasteiger charge is 2.71. The zero-order chi connectivity index (χ0) is 34.4. The molecule has 5 saturated carbocycles. The monoisotopic (exact) mass is 664 g/mol. The minimum Gasteiger partial charge on any atom is -0.393 e. The van der Waals surface area contributed by atoms with Crippen LogP contribution in [0, 0.1) is 56.7 Å². The predicted octanol–water partition coefficient (Wildman–Crippen LogP) is 9.00. The van der Waals surface area contributed by atoms with Crippen LogP contribution in [0.25, 0.3) is 0 Å². The van der Waals surface area contributed by atoms with Gasteiger partial charge in [0, 0.05) is 13.0 Å². The van der Waals surface area contributed by atoms with Crippen LogP contribution in [0.3, 0.4) is 0 Å². The molecule has 1 heterocycles. The van der Waals surface area contributed by atoms with Gasteiger partial charge in [0.05, 0.1) is 11.5 Å². The van der Waals surface area contributed by atoms with Gasteiger partial charge in [-0.2, -0.15) is 0 Å². The number of fused-ring (bicyclic) bond motifs is 7. The van der Waals surface area contributed by atoms with E-state index in [0.29, 0.717) is 35.5 Å². The van der Waals surface area contributed by atoms with Crippen molar-refractivity contribution in [3.8, 4) is 0 Å². The second-order valence-corrected chi connectivity index (χ2v) is 18.9. The lowest BCUT2D eigenvalue weighted by Gasteiger charge is -2.72. The number of nitrogens with one attached hydrogen (secondary N) is 2. The second-order valence-electron chi connectivity index (χ2n) is 18.9. The van der Waals surface area contributed by atoms with E-state index in [4.69, 9.17) is 0 Å². The minimum absolute atomic E-state index is 0.0140. The average Bonchev–Trinajstić information content (AvgIpc) is 3.71. The summed E-state index contributed by atoms with van der Waals surface area (Å²) in [5, 5.41) is 28.7. The van der Waals surface area contributed by atoms with Crippen molar-refractivity contribution in [1.29, 1.82) is 0 Å². The van der Waals surface area contributed by atoms with Gasteiger partial charge in [-0.05, 0) is 146 Å². The second kappa shape index (κ2) is 13.8. The van der Waals surface area contributed by atoms with E-state index < -0.39 is 0 Å². The first-order valence-corrected chi connectivity index (χ1v) is 20.2. The fourth-order valence-electron chi connectivity index (χ4n) is 13.7. The van der Waals surface area contributed by atoms with E-state index in [9.17, 15) is 9.90 Å². The van der Waals surface area contributed by atoms with Crippen molar-refractivity contribution < 1.29 is 9.90 Å². The molecular weight excluding hydrogens is 594 g/mol. The quantitative estimate of drug-likeness (QED) is 0.144. The van der Waals surface area contributed by atoms with Crippen LogP contribution >= 0.6 is 0 Å². The summed E-state index contributed by atoms with van der Waals surface area (Å²) in [6, 6.07) is 0. The first-order valence-electron chi connectivity index (χ1n) is 20.2. The van der Waals surface area contributed by atoms with Crippen molar-refractivity contribution in [2.24, 2.45) is 56.7 Å². The number of nitrogens with zero attached hydrogens (tertiary/aromatic N) is 3. The minimum atomic E-state index is -0.225. The van der Waals surface area contributed by atoms with Crippen LogP contribution in [0.15, 0.2) is 12.2 Å². The third-order valence-electron chi connectivity index (χ3n) is 16.5. The lowest BCUT2D eigenvalue weighted by molar-refractivity contribution is -0.246. The van der Waals surface area contributed by atoms with Crippen LogP contribution in [0.4, 0.5) is 0 Å². The molecule has 7 heteroatoms. The van der Waals surface area contributed by atoms with E-state index in [-0.39, 0.29) is 33.2 Å². The van der Waals surface area contributed by atoms with Gasteiger partial charge in [0.2, 0.25) is 5.91 Å². The molecule has 5 aliphatic rings. The van der Waals surface area contributed by atoms with Crippen LogP contribution in [-0.2, 0) is 11.2 Å². The molecule has 1 unspecified atom stereocenters. The van der Waals surface area contributed by atoms with Gasteiger partial charge in [-0.25, -0.2) is 5.10 Å². The number of hydrogen-bond donors (Lipinski definition) is 3. The molecule has 7 nitrogen and oxygen atoms in total. The van der Waals surface area contributed by atoms with Crippen LogP contribution < -0.4 is 5.32 Å². The number of unbranched alkanes of at least 4 members (excludes halogenated alkanes) is 7. The maximum atomic E-state index is 14.4. The number of aromatic amines is 1. The van der Waals surface area contributed by atoms with Gasteiger partial charge in [0.1, 0.15) is 5.82 Å². The molecule has 5 aliphatic carbocycles. The Morgan fingerprint density at radius 1 is 0.833 bits per heavy atom. The lowest BCUT2D eigenvalue weighted by atomic mass is 9.32. The third-order valence-corrected chi connectivity index (χ3v) is 16.5. The summed E-state index contributed by atoms with van der Waals surface area (Å²) >= 11 is 0. The van der Waals surface area contributed by atoms with Gasteiger partial charge in [-0.15, -0.1) is 5.10 Å². The highest BCUT2D eigenvalue weighted by Crippen LogP contribution is 2.77. The van der Waals surface area contributed by atoms with Gasteiger partial charge in [0.15, 0.2) is 0 Å². The lowest BCUT2D eigenvalue weighted by Crippen LogP contribution is -2.67. The molecule has 0 bridgehead atoms. The molecule has 1 amide bonds. The van der Waals surface area contributed by atoms with Crippen LogP contribution in [-0.4, -0.2) is 44.3 Å². The van der Waals surface area contributed by atoms with E-state index in [0.717, 1.165) is 63.7 Å². The van der Waals surface area contributed by atoms with Crippen molar-refractivity contribution in [2.45, 2.75) is 170 Å². The van der Waals surface area contributed by atoms with Gasteiger partial charge in [0.25, 0.3) is 0 Å². The Kier molecular flexibility index (Phi) is 10.3. The third kappa shape index (κ3) is 5.92. The Morgan fingerprint density at radius 3 is 2.23 bits per heavy atom. The molecule has 48 heavy (non-hydrogen) atoms. The Bertz CT molecular complexity index is 1280. The number of carbonyl (C=O) groups excluding carboxylic acids is 1. The molecule has 1 aromatic rings.